The first kappa shape index (κ1) is 86.4. The predicted octanol–water partition coefficient (Wildman–Crippen LogP) is 15.6. The Morgan fingerprint density at radius 1 is 0.500 bits per heavy atom. The maximum Gasteiger partial charge on any atom is 0.263 e. The Morgan fingerprint density at radius 3 is 1.34 bits per heavy atom. The van der Waals surface area contributed by atoms with Gasteiger partial charge in [0.1, 0.15) is 41.9 Å². The highest BCUT2D eigenvalue weighted by atomic mass is 19.1. The molecule has 7 aliphatic carbocycles. The third-order valence-electron chi connectivity index (χ3n) is 28.2. The third kappa shape index (κ3) is 18.8. The normalized spacial score (nSPS) is 25.4. The van der Waals surface area contributed by atoms with Crippen molar-refractivity contribution in [3.05, 3.63) is 232 Å². The number of Topliss-reactive ketones (excluding diaryl/α,β-unsaturated/α-hetero) is 1. The lowest BCUT2D eigenvalue weighted by atomic mass is 9.86. The third-order valence-corrected chi connectivity index (χ3v) is 28.2. The molecular weight excluding hydrogens is 1560 g/mol. The first-order chi connectivity index (χ1) is 59.9. The first-order valence-electron chi connectivity index (χ1n) is 43.5. The minimum atomic E-state index is -0.957. The summed E-state index contributed by atoms with van der Waals surface area (Å²) >= 11 is 0. The zero-order valence-electron chi connectivity index (χ0n) is 70.3. The number of aliphatic hydroxyl groups is 1. The van der Waals surface area contributed by atoms with E-state index in [1.807, 2.05) is 147 Å². The fourth-order valence-corrected chi connectivity index (χ4v) is 21.4. The second-order valence-electron chi connectivity index (χ2n) is 36.0. The van der Waals surface area contributed by atoms with E-state index in [-0.39, 0.29) is 88.5 Å². The number of nitrogens with zero attached hydrogens (tertiary/aromatic N) is 8. The average molecular weight is 1660 g/mol. The van der Waals surface area contributed by atoms with Crippen LogP contribution in [-0.4, -0.2) is 103 Å². The number of carbonyl (C=O) groups is 6. The van der Waals surface area contributed by atoms with Crippen molar-refractivity contribution in [2.24, 2.45) is 65.1 Å². The van der Waals surface area contributed by atoms with E-state index in [0.717, 1.165) is 142 Å². The number of hydrogen-bond donors (Lipinski definition) is 5. The molecule has 1 unspecified atom stereocenters. The number of nitrogens with one attached hydrogen (secondary N) is 4. The lowest BCUT2D eigenvalue weighted by molar-refractivity contribution is -0.137. The van der Waals surface area contributed by atoms with Gasteiger partial charge in [0.2, 0.25) is 17.7 Å². The highest BCUT2D eigenvalue weighted by molar-refractivity contribution is 6.07. The maximum atomic E-state index is 13.8. The molecular formula is C102H102F2N12O8. The molecule has 3 aliphatic heterocycles. The number of aliphatic hydroxyl groups excluding tert-OH is 1. The second-order valence-corrected chi connectivity index (χ2v) is 36.0. The molecule has 3 heterocycles. The zero-order valence-corrected chi connectivity index (χ0v) is 70.3. The summed E-state index contributed by atoms with van der Waals surface area (Å²) in [6, 6.07) is 63.4. The number of nitriles is 6. The van der Waals surface area contributed by atoms with Crippen molar-refractivity contribution >= 4 is 41.0 Å². The molecule has 20 nitrogen and oxygen atoms in total. The molecule has 7 saturated carbocycles. The van der Waals surface area contributed by atoms with Crippen LogP contribution in [0.25, 0.3) is 44.5 Å². The van der Waals surface area contributed by atoms with E-state index in [1.54, 1.807) is 49.1 Å². The van der Waals surface area contributed by atoms with Gasteiger partial charge in [-0.05, 0) is 241 Å². The number of likely N-dealkylation sites (N-methyl/N-ethyl adjacent to an activating group) is 1. The van der Waals surface area contributed by atoms with Gasteiger partial charge in [0.15, 0.2) is 11.4 Å². The van der Waals surface area contributed by atoms with Crippen LogP contribution < -0.4 is 26.2 Å². The predicted molar refractivity (Wildman–Crippen MR) is 463 cm³/mol. The number of piperidine rings is 1. The Balaban J connectivity index is 0.000000128. The molecule has 8 bridgehead atoms. The average Bonchev–Trinajstić information content (AvgIpc) is 1.59. The van der Waals surface area contributed by atoms with Crippen LogP contribution in [0.5, 0.6) is 0 Å². The number of carbonyl (C=O) groups excluding carboxylic acids is 6. The number of fused-ring (bicyclic) bond motifs is 10. The number of anilines is 1. The van der Waals surface area contributed by atoms with Crippen LogP contribution in [-0.2, 0) is 66.5 Å². The van der Waals surface area contributed by atoms with Gasteiger partial charge in [0.25, 0.3) is 11.8 Å². The monoisotopic (exact) mass is 1660 g/mol. The van der Waals surface area contributed by atoms with Gasteiger partial charge in [0.05, 0.1) is 59.2 Å². The number of benzene rings is 8. The fraction of sp³-hybridized carbons (Fsp3) is 0.412. The van der Waals surface area contributed by atoms with Crippen LogP contribution in [0.1, 0.15) is 158 Å². The van der Waals surface area contributed by atoms with E-state index in [1.165, 1.54) is 49.9 Å². The molecule has 5 amide bonds. The molecule has 8 aromatic carbocycles. The highest BCUT2D eigenvalue weighted by Gasteiger charge is 2.50. The molecule has 1 saturated heterocycles. The smallest absolute Gasteiger partial charge is 0.263 e. The Bertz CT molecular complexity index is 5660. The molecule has 8 aromatic rings. The Hall–Kier alpha value is -12.5. The first-order valence-corrected chi connectivity index (χ1v) is 43.5. The SMILES string of the molecule is CN1Cc2ccc(-c3ccc(C[C@@H](C#N)NC(=O)[C@H]4C[C@@H]5CC[C@H]4C5)cc3)cc2C1=O.COC1(C)C(=O)N(C)c2cc(-c3ccc(C[C@@H](C#N)NC(=O)[C@H]4C[C@@H]5CC[C@H]4C5)cc3)ccc21.N#Cc1ccc(-c2ccc(C[C@@H](C#N)NC(=O)[C@H]3C[C@H]4C[C@@H]3[C@@H](O)C4)cc2)cc1F.N#Cc1ccc(-c2ccc(C[C@H](C#N)CC(=O)[C@H]3N[C@@H]4CC[C@H]3C4)cc2)cc1F. The van der Waals surface area contributed by atoms with Gasteiger partial charge in [0, 0.05) is 88.4 Å². The van der Waals surface area contributed by atoms with Crippen molar-refractivity contribution in [2.45, 2.75) is 177 Å². The number of halogens is 2. The van der Waals surface area contributed by atoms with E-state index in [4.69, 9.17) is 15.3 Å². The molecule has 5 N–H and O–H groups in total. The lowest BCUT2D eigenvalue weighted by Crippen LogP contribution is -2.43. The van der Waals surface area contributed by atoms with Crippen LogP contribution >= 0.6 is 0 Å². The molecule has 18 rings (SSSR count). The number of ketones is 1. The minimum absolute atomic E-state index is 0.00553. The van der Waals surface area contributed by atoms with Crippen molar-refractivity contribution in [2.75, 3.05) is 26.1 Å². The summed E-state index contributed by atoms with van der Waals surface area (Å²) in [5.74, 6) is 1.97. The van der Waals surface area contributed by atoms with Crippen molar-refractivity contribution in [1.82, 2.24) is 26.2 Å². The van der Waals surface area contributed by atoms with Gasteiger partial charge in [-0.15, -0.1) is 0 Å². The van der Waals surface area contributed by atoms with Crippen molar-refractivity contribution in [3.63, 3.8) is 0 Å². The van der Waals surface area contributed by atoms with Crippen molar-refractivity contribution in [3.8, 4) is 80.9 Å². The number of ether oxygens (including phenoxy) is 1. The van der Waals surface area contributed by atoms with Gasteiger partial charge in [-0.3, -0.25) is 28.8 Å². The molecule has 10 aliphatic rings. The van der Waals surface area contributed by atoms with E-state index in [0.29, 0.717) is 84.9 Å². The van der Waals surface area contributed by atoms with Gasteiger partial charge >= 0.3 is 0 Å². The molecule has 0 radical (unpaired) electrons. The fourth-order valence-electron chi connectivity index (χ4n) is 21.4. The number of methoxy groups -OCH3 is 1. The number of amides is 5. The zero-order chi connectivity index (χ0) is 87.2. The van der Waals surface area contributed by atoms with E-state index in [9.17, 15) is 63.7 Å². The summed E-state index contributed by atoms with van der Waals surface area (Å²) in [7, 11) is 5.14. The largest absolute Gasteiger partial charge is 0.393 e. The van der Waals surface area contributed by atoms with E-state index < -0.39 is 41.5 Å². The summed E-state index contributed by atoms with van der Waals surface area (Å²) in [6.45, 7) is 2.46. The van der Waals surface area contributed by atoms with Crippen LogP contribution in [0.4, 0.5) is 14.5 Å². The molecule has 0 aromatic heterocycles. The van der Waals surface area contributed by atoms with Crippen LogP contribution in [0.2, 0.25) is 0 Å². The second kappa shape index (κ2) is 37.7. The Kier molecular flexibility index (Phi) is 26.2. The van der Waals surface area contributed by atoms with E-state index >= 15 is 0 Å². The quantitative estimate of drug-likeness (QED) is 0.0421. The van der Waals surface area contributed by atoms with Gasteiger partial charge in [-0.1, -0.05) is 146 Å². The minimum Gasteiger partial charge on any atom is -0.393 e. The summed E-state index contributed by atoms with van der Waals surface area (Å²) in [5.41, 5.74) is 13.6. The summed E-state index contributed by atoms with van der Waals surface area (Å²) in [4.78, 5) is 79.0. The summed E-state index contributed by atoms with van der Waals surface area (Å²) < 4.78 is 33.2. The molecule has 0 spiro atoms. The molecule has 632 valence electrons. The van der Waals surface area contributed by atoms with Crippen molar-refractivity contribution < 1.29 is 47.4 Å². The summed E-state index contributed by atoms with van der Waals surface area (Å²) in [6.07, 6.45) is 16.7. The lowest BCUT2D eigenvalue weighted by Gasteiger charge is -2.26. The van der Waals surface area contributed by atoms with Crippen LogP contribution in [0.15, 0.2) is 170 Å². The molecule has 124 heavy (non-hydrogen) atoms. The van der Waals surface area contributed by atoms with E-state index in [2.05, 4.69) is 45.5 Å². The number of hydrogen-bond acceptors (Lipinski definition) is 15. The Morgan fingerprint density at radius 2 is 0.935 bits per heavy atom. The maximum absolute atomic E-state index is 13.8. The topological polar surface area (TPSA) is 329 Å². The van der Waals surface area contributed by atoms with Gasteiger partial charge < -0.3 is 40.9 Å². The Labute approximate surface area is 723 Å². The summed E-state index contributed by atoms with van der Waals surface area (Å²) in [5, 5.41) is 78.2. The highest BCUT2D eigenvalue weighted by Crippen LogP contribution is 2.51. The molecule has 22 heteroatoms. The standard InChI is InChI=1S/C28H31N3O3.C26H27N3O2.C24H22FN3O2.C24H22FN3O/c1-28(34-3)24-11-10-20(15-25(24)31(2)27(28)33)19-7-4-17(5-8-19)13-22(16-29)30-26(32)23-14-18-6-9-21(23)12-18;1-29-15-21-9-8-19(13-24(21)26(29)31)18-5-2-16(3-6-18)11-22(14-27)28-25(30)23-12-17-4-7-20(23)10-17;25-22-11-17(5-6-18(22)12-26)16-3-1-14(2-4-16)7-19(13-27)28-24(30)21-9-15-8-20(21)23(29)10-15;25-22-12-18(5-6-20(22)14-27)17-3-1-15(2-4-17)9-16(13-26)10-23(29)24-19-7-8-21(11-19)28-24/h4-5,7-8,10-11,15,18,21-23H,6,9,12-14H2,1-3H3,(H,30,32);2-3,5-6,8-9,13,17,20,22-23H,4,7,10-12,15H2,1H3,(H,28,30);1-6,11,15,19-21,23,29H,7-10H2,(H,28,30);1-6,12,16,19,21,24,28H,7-11H2/t18-,21+,22+,23+,28?;17-,20+,22+,23+;15-,19+,20+,21+,23+;16-,19-,21+,24-/m1110/s1. The van der Waals surface area contributed by atoms with Gasteiger partial charge in [-0.25, -0.2) is 8.78 Å². The van der Waals surface area contributed by atoms with Crippen LogP contribution in [0.3, 0.4) is 0 Å². The molecule has 8 fully saturated rings. The number of rotatable bonds is 22. The molecule has 18 atom stereocenters. The van der Waals surface area contributed by atoms with Crippen molar-refractivity contribution in [1.29, 1.82) is 31.6 Å². The van der Waals surface area contributed by atoms with Gasteiger partial charge in [-0.2, -0.15) is 31.6 Å². The van der Waals surface area contributed by atoms with Crippen LogP contribution in [0, 0.1) is 145 Å².